The fraction of sp³-hybridized carbons (Fsp3) is 0.333. The molecule has 2 N–H and O–H groups in total. The van der Waals surface area contributed by atoms with E-state index in [-0.39, 0.29) is 28.4 Å². The molecule has 8 heteroatoms. The Bertz CT molecular complexity index is 1010. The SMILES string of the molecule is CC1CCN(S(=O)(=O)c2cccc(C(=O)CNc3ccccc3C(=O)O)c2)CC1. The molecular weight excluding hydrogens is 392 g/mol. The minimum Gasteiger partial charge on any atom is -0.478 e. The number of piperidine rings is 1. The first-order valence-corrected chi connectivity index (χ1v) is 10.9. The summed E-state index contributed by atoms with van der Waals surface area (Å²) >= 11 is 0. The third-order valence-corrected chi connectivity index (χ3v) is 7.03. The van der Waals surface area contributed by atoms with E-state index in [0.29, 0.717) is 24.7 Å². The number of hydrogen-bond donors (Lipinski definition) is 2. The fourth-order valence-electron chi connectivity index (χ4n) is 3.31. The van der Waals surface area contributed by atoms with E-state index in [9.17, 15) is 23.1 Å². The van der Waals surface area contributed by atoms with E-state index < -0.39 is 16.0 Å². The van der Waals surface area contributed by atoms with Gasteiger partial charge in [-0.2, -0.15) is 4.31 Å². The molecule has 1 aliphatic heterocycles. The van der Waals surface area contributed by atoms with Crippen molar-refractivity contribution in [2.75, 3.05) is 25.0 Å². The van der Waals surface area contributed by atoms with Crippen LogP contribution in [0.1, 0.15) is 40.5 Å². The van der Waals surface area contributed by atoms with Gasteiger partial charge in [-0.15, -0.1) is 0 Å². The number of anilines is 1. The summed E-state index contributed by atoms with van der Waals surface area (Å²) in [5.41, 5.74) is 0.660. The average molecular weight is 416 g/mol. The van der Waals surface area contributed by atoms with Gasteiger partial charge in [0, 0.05) is 24.3 Å². The van der Waals surface area contributed by atoms with Gasteiger partial charge in [-0.25, -0.2) is 13.2 Å². The van der Waals surface area contributed by atoms with Crippen LogP contribution in [0.5, 0.6) is 0 Å². The number of benzene rings is 2. The molecule has 7 nitrogen and oxygen atoms in total. The number of hydrogen-bond acceptors (Lipinski definition) is 5. The van der Waals surface area contributed by atoms with Gasteiger partial charge in [-0.1, -0.05) is 31.2 Å². The Morgan fingerprint density at radius 3 is 2.48 bits per heavy atom. The Labute approximate surface area is 170 Å². The Hall–Kier alpha value is -2.71. The highest BCUT2D eigenvalue weighted by molar-refractivity contribution is 7.89. The fourth-order valence-corrected chi connectivity index (χ4v) is 4.82. The van der Waals surface area contributed by atoms with Gasteiger partial charge < -0.3 is 10.4 Å². The molecule has 2 aromatic rings. The van der Waals surface area contributed by atoms with E-state index in [4.69, 9.17) is 0 Å². The van der Waals surface area contributed by atoms with E-state index in [0.717, 1.165) is 12.8 Å². The van der Waals surface area contributed by atoms with Crippen molar-refractivity contribution in [1.82, 2.24) is 4.31 Å². The summed E-state index contributed by atoms with van der Waals surface area (Å²) in [7, 11) is -3.64. The van der Waals surface area contributed by atoms with E-state index >= 15 is 0 Å². The molecule has 0 radical (unpaired) electrons. The zero-order chi connectivity index (χ0) is 21.0. The van der Waals surface area contributed by atoms with Gasteiger partial charge >= 0.3 is 5.97 Å². The molecule has 2 aromatic carbocycles. The number of nitrogens with zero attached hydrogens (tertiary/aromatic N) is 1. The minimum atomic E-state index is -3.64. The first-order chi connectivity index (χ1) is 13.8. The number of aromatic carboxylic acids is 1. The quantitative estimate of drug-likeness (QED) is 0.672. The van der Waals surface area contributed by atoms with Gasteiger partial charge in [0.15, 0.2) is 5.78 Å². The molecule has 1 saturated heterocycles. The van der Waals surface area contributed by atoms with Crippen LogP contribution in [0.4, 0.5) is 5.69 Å². The Balaban J connectivity index is 1.74. The number of ketones is 1. The highest BCUT2D eigenvalue weighted by Crippen LogP contribution is 2.24. The predicted molar refractivity (Wildman–Crippen MR) is 110 cm³/mol. The summed E-state index contributed by atoms with van der Waals surface area (Å²) in [5, 5.41) is 12.0. The Morgan fingerprint density at radius 1 is 1.10 bits per heavy atom. The average Bonchev–Trinajstić information content (AvgIpc) is 2.72. The number of carbonyl (C=O) groups excluding carboxylic acids is 1. The lowest BCUT2D eigenvalue weighted by molar-refractivity contribution is 0.0697. The van der Waals surface area contributed by atoms with Gasteiger partial charge in [0.1, 0.15) is 0 Å². The van der Waals surface area contributed by atoms with Crippen LogP contribution >= 0.6 is 0 Å². The van der Waals surface area contributed by atoms with Gasteiger partial charge in [-0.05, 0) is 43.0 Å². The molecule has 1 aliphatic rings. The van der Waals surface area contributed by atoms with Crippen LogP contribution in [0.3, 0.4) is 0 Å². The first kappa shape index (κ1) is 21.0. The van der Waals surface area contributed by atoms with E-state index in [1.165, 1.54) is 22.5 Å². The lowest BCUT2D eigenvalue weighted by Crippen LogP contribution is -2.37. The topological polar surface area (TPSA) is 104 Å². The lowest BCUT2D eigenvalue weighted by atomic mass is 10.0. The molecule has 154 valence electrons. The second kappa shape index (κ2) is 8.75. The second-order valence-corrected chi connectivity index (χ2v) is 9.18. The minimum absolute atomic E-state index is 0.0657. The van der Waals surface area contributed by atoms with Crippen molar-refractivity contribution in [3.05, 3.63) is 59.7 Å². The van der Waals surface area contributed by atoms with E-state index in [1.54, 1.807) is 30.3 Å². The maximum absolute atomic E-state index is 12.9. The van der Waals surface area contributed by atoms with Crippen molar-refractivity contribution in [3.8, 4) is 0 Å². The van der Waals surface area contributed by atoms with Crippen molar-refractivity contribution in [2.24, 2.45) is 5.92 Å². The van der Waals surface area contributed by atoms with Gasteiger partial charge in [0.25, 0.3) is 0 Å². The summed E-state index contributed by atoms with van der Waals surface area (Å²) in [6.45, 7) is 2.93. The number of para-hydroxylation sites is 1. The maximum Gasteiger partial charge on any atom is 0.337 e. The van der Waals surface area contributed by atoms with Crippen LogP contribution in [-0.2, 0) is 10.0 Å². The maximum atomic E-state index is 12.9. The molecule has 0 atom stereocenters. The van der Waals surface area contributed by atoms with Crippen molar-refractivity contribution in [1.29, 1.82) is 0 Å². The van der Waals surface area contributed by atoms with Crippen molar-refractivity contribution in [3.63, 3.8) is 0 Å². The van der Waals surface area contributed by atoms with E-state index in [1.807, 2.05) is 0 Å². The predicted octanol–water partition coefficient (Wildman–Crippen LogP) is 3.10. The summed E-state index contributed by atoms with van der Waals surface area (Å²) in [6, 6.07) is 12.3. The summed E-state index contributed by atoms with van der Waals surface area (Å²) in [4.78, 5) is 23.9. The molecule has 1 fully saturated rings. The molecule has 29 heavy (non-hydrogen) atoms. The first-order valence-electron chi connectivity index (χ1n) is 9.48. The molecular formula is C21H24N2O5S. The third kappa shape index (κ3) is 4.83. The number of Topliss-reactive ketones (excluding diaryl/α,β-unsaturated/α-hetero) is 1. The molecule has 0 aromatic heterocycles. The van der Waals surface area contributed by atoms with E-state index in [2.05, 4.69) is 12.2 Å². The molecule has 0 unspecified atom stereocenters. The number of nitrogens with one attached hydrogen (secondary N) is 1. The molecule has 0 spiro atoms. The van der Waals surface area contributed by atoms with Crippen LogP contribution in [0, 0.1) is 5.92 Å². The molecule has 3 rings (SSSR count). The summed E-state index contributed by atoms with van der Waals surface area (Å²) in [6.07, 6.45) is 1.65. The molecule has 0 aliphatic carbocycles. The third-order valence-electron chi connectivity index (χ3n) is 5.13. The van der Waals surface area contributed by atoms with Crippen molar-refractivity contribution < 1.29 is 23.1 Å². The summed E-state index contributed by atoms with van der Waals surface area (Å²) in [5.74, 6) is -0.909. The molecule has 0 amide bonds. The van der Waals surface area contributed by atoms with Crippen LogP contribution in [0.25, 0.3) is 0 Å². The highest BCUT2D eigenvalue weighted by Gasteiger charge is 2.28. The lowest BCUT2D eigenvalue weighted by Gasteiger charge is -2.29. The van der Waals surface area contributed by atoms with Gasteiger partial charge in [0.05, 0.1) is 17.0 Å². The van der Waals surface area contributed by atoms with Gasteiger partial charge in [0.2, 0.25) is 10.0 Å². The highest BCUT2D eigenvalue weighted by atomic mass is 32.2. The molecule has 0 bridgehead atoms. The number of rotatable bonds is 7. The van der Waals surface area contributed by atoms with Crippen molar-refractivity contribution in [2.45, 2.75) is 24.7 Å². The zero-order valence-electron chi connectivity index (χ0n) is 16.2. The number of sulfonamides is 1. The smallest absolute Gasteiger partial charge is 0.337 e. The Kier molecular flexibility index (Phi) is 6.34. The number of carbonyl (C=O) groups is 2. The summed E-state index contributed by atoms with van der Waals surface area (Å²) < 4.78 is 27.3. The molecule has 0 saturated carbocycles. The largest absolute Gasteiger partial charge is 0.478 e. The number of carboxylic acids is 1. The van der Waals surface area contributed by atoms with Crippen LogP contribution in [-0.4, -0.2) is 49.2 Å². The standard InChI is InChI=1S/C21H24N2O5S/c1-15-9-11-23(12-10-15)29(27,28)17-6-4-5-16(13-17)20(24)14-22-19-8-3-2-7-18(19)21(25)26/h2-8,13,15,22H,9-12,14H2,1H3,(H,25,26). The normalized spacial score (nSPS) is 15.8. The van der Waals surface area contributed by atoms with Crippen LogP contribution in [0.2, 0.25) is 0 Å². The van der Waals surface area contributed by atoms with Gasteiger partial charge in [-0.3, -0.25) is 4.79 Å². The van der Waals surface area contributed by atoms with Crippen molar-refractivity contribution >= 4 is 27.5 Å². The second-order valence-electron chi connectivity index (χ2n) is 7.24. The van der Waals surface area contributed by atoms with Crippen LogP contribution < -0.4 is 5.32 Å². The van der Waals surface area contributed by atoms with Crippen LogP contribution in [0.15, 0.2) is 53.4 Å². The number of carboxylic acid groups (broad SMARTS) is 1. The zero-order valence-corrected chi connectivity index (χ0v) is 17.0. The monoisotopic (exact) mass is 416 g/mol. The Morgan fingerprint density at radius 2 is 1.79 bits per heavy atom. The molecule has 1 heterocycles.